The van der Waals surface area contributed by atoms with Gasteiger partial charge in [-0.25, -0.2) is 19.6 Å². The first-order valence-electron chi connectivity index (χ1n) is 14.2. The number of benzene rings is 1. The van der Waals surface area contributed by atoms with E-state index in [0.29, 0.717) is 24.3 Å². The highest BCUT2D eigenvalue weighted by atomic mass is 35.5. The number of carbonyl (C=O) groups excluding carboxylic acids is 2. The average molecular weight is 609 g/mol. The highest BCUT2D eigenvalue weighted by molar-refractivity contribution is 6.31. The maximum Gasteiger partial charge on any atom is 0.408 e. The second-order valence-corrected chi connectivity index (χ2v) is 13.1. The summed E-state index contributed by atoms with van der Waals surface area (Å²) in [7, 11) is 0. The molecule has 42 heavy (non-hydrogen) atoms. The molecule has 5 rings (SSSR count). The average Bonchev–Trinajstić information content (AvgIpc) is 3.54. The van der Waals surface area contributed by atoms with Crippen LogP contribution in [-0.4, -0.2) is 68.8 Å². The van der Waals surface area contributed by atoms with E-state index in [9.17, 15) is 19.5 Å². The Bertz CT molecular complexity index is 1400. The largest absolute Gasteiger partial charge is 0.480 e. The van der Waals surface area contributed by atoms with Crippen molar-refractivity contribution in [2.75, 3.05) is 6.54 Å². The minimum atomic E-state index is -3.40. The number of hydrogen-bond acceptors (Lipinski definition) is 7. The van der Waals surface area contributed by atoms with Crippen molar-refractivity contribution >= 4 is 40.6 Å². The number of alkyl halides is 2. The lowest BCUT2D eigenvalue weighted by Crippen LogP contribution is -2.57. The zero-order valence-corrected chi connectivity index (χ0v) is 24.7. The van der Waals surface area contributed by atoms with E-state index in [1.54, 1.807) is 27.7 Å². The van der Waals surface area contributed by atoms with E-state index in [1.165, 1.54) is 18.2 Å². The highest BCUT2D eigenvalue weighted by Crippen LogP contribution is 2.42. The van der Waals surface area contributed by atoms with Gasteiger partial charge in [-0.05, 0) is 48.8 Å². The van der Waals surface area contributed by atoms with Gasteiger partial charge in [0, 0.05) is 17.4 Å². The van der Waals surface area contributed by atoms with Crippen molar-refractivity contribution in [3.05, 3.63) is 28.9 Å². The fraction of sp³-hybridized carbons (Fsp3) is 0.621. The summed E-state index contributed by atoms with van der Waals surface area (Å²) in [6.07, 6.45) is -0.744. The minimum Gasteiger partial charge on any atom is -0.480 e. The number of hydrogen-bond donors (Lipinski definition) is 2. The lowest BCUT2D eigenvalue weighted by atomic mass is 9.85. The van der Waals surface area contributed by atoms with Gasteiger partial charge in [-0.3, -0.25) is 4.79 Å². The second-order valence-electron chi connectivity index (χ2n) is 12.6. The van der Waals surface area contributed by atoms with Gasteiger partial charge in [0.25, 0.3) is 5.92 Å². The van der Waals surface area contributed by atoms with Crippen LogP contribution < -0.4 is 10.1 Å². The molecule has 0 spiro atoms. The fourth-order valence-corrected chi connectivity index (χ4v) is 5.98. The molecule has 13 heteroatoms. The van der Waals surface area contributed by atoms with E-state index in [2.05, 4.69) is 15.3 Å². The predicted molar refractivity (Wildman–Crippen MR) is 148 cm³/mol. The van der Waals surface area contributed by atoms with E-state index in [4.69, 9.17) is 21.1 Å². The molecule has 1 aromatic heterocycles. The maximum absolute atomic E-state index is 15.7. The van der Waals surface area contributed by atoms with Crippen LogP contribution in [0, 0.1) is 17.3 Å². The van der Waals surface area contributed by atoms with Gasteiger partial charge in [0.1, 0.15) is 24.3 Å². The standard InChI is InChI=1S/C29H35ClF2N4O6/c1-14-20-13-36(21(14)26(38)39)25(37)23(28(2,3)4)35-27(40)42-19-11-15(19)7-5-6-10-29(31,32)22-24(41-20)34-18-12-16(30)8-9-17(18)33-22/h8-9,12,14-15,19-21,23H,5-7,10-11,13H2,1-4H3,(H,35,40)(H,38,39). The van der Waals surface area contributed by atoms with Crippen LogP contribution >= 0.6 is 11.6 Å². The molecular weight excluding hydrogens is 574 g/mol. The number of aliphatic carboxylic acids is 1. The van der Waals surface area contributed by atoms with Crippen molar-refractivity contribution in [3.63, 3.8) is 0 Å². The summed E-state index contributed by atoms with van der Waals surface area (Å²) in [6.45, 7) is 6.58. The molecule has 6 atom stereocenters. The topological polar surface area (TPSA) is 131 Å². The Labute approximate surface area is 247 Å². The quantitative estimate of drug-likeness (QED) is 0.454. The molecule has 0 radical (unpaired) electrons. The fourth-order valence-electron chi connectivity index (χ4n) is 5.81. The summed E-state index contributed by atoms with van der Waals surface area (Å²) in [5, 5.41) is 13.1. The summed E-state index contributed by atoms with van der Waals surface area (Å²) in [4.78, 5) is 48.8. The van der Waals surface area contributed by atoms with Gasteiger partial charge in [-0.2, -0.15) is 8.78 Å². The molecule has 3 heterocycles. The molecule has 1 aliphatic carbocycles. The number of ether oxygens (including phenoxy) is 2. The van der Waals surface area contributed by atoms with E-state index in [-0.39, 0.29) is 36.0 Å². The van der Waals surface area contributed by atoms with Crippen LogP contribution in [0.4, 0.5) is 13.6 Å². The van der Waals surface area contributed by atoms with E-state index < -0.39 is 71.4 Å². The van der Waals surface area contributed by atoms with Crippen molar-refractivity contribution in [1.29, 1.82) is 0 Å². The van der Waals surface area contributed by atoms with Crippen LogP contribution in [0.2, 0.25) is 5.02 Å². The van der Waals surface area contributed by atoms with Crippen LogP contribution in [0.15, 0.2) is 18.2 Å². The second kappa shape index (κ2) is 11.1. The Morgan fingerprint density at radius 3 is 2.57 bits per heavy atom. The molecule has 2 bridgehead atoms. The van der Waals surface area contributed by atoms with Gasteiger partial charge in [-0.15, -0.1) is 0 Å². The van der Waals surface area contributed by atoms with Gasteiger partial charge in [0.05, 0.1) is 17.6 Å². The number of halogens is 3. The zero-order chi connectivity index (χ0) is 30.6. The Morgan fingerprint density at radius 1 is 1.14 bits per heavy atom. The summed E-state index contributed by atoms with van der Waals surface area (Å²) >= 11 is 6.12. The summed E-state index contributed by atoms with van der Waals surface area (Å²) in [5.74, 6) is -6.52. The van der Waals surface area contributed by atoms with Crippen molar-refractivity contribution in [1.82, 2.24) is 20.2 Å². The maximum atomic E-state index is 15.7. The number of aromatic nitrogens is 2. The molecule has 2 N–H and O–H groups in total. The van der Waals surface area contributed by atoms with Gasteiger partial charge >= 0.3 is 12.1 Å². The molecular formula is C29H35ClF2N4O6. The lowest BCUT2D eigenvalue weighted by Gasteiger charge is -2.34. The molecule has 228 valence electrons. The Kier molecular flexibility index (Phi) is 7.97. The summed E-state index contributed by atoms with van der Waals surface area (Å²) in [6, 6.07) is 2.06. The molecule has 2 fully saturated rings. The SMILES string of the molecule is CC1C2CN(C(=O)C(C(C)(C)C)NC(=O)OC3CC3CCCCC(F)(F)c3nc4ccc(Cl)cc4nc3O2)C1C(=O)O. The van der Waals surface area contributed by atoms with Crippen molar-refractivity contribution < 1.29 is 37.7 Å². The Balaban J connectivity index is 1.56. The van der Waals surface area contributed by atoms with Crippen LogP contribution in [0.5, 0.6) is 5.88 Å². The number of alkyl carbamates (subject to hydrolysis) is 1. The first-order valence-corrected chi connectivity index (χ1v) is 14.6. The zero-order valence-electron chi connectivity index (χ0n) is 23.9. The highest BCUT2D eigenvalue weighted by Gasteiger charge is 2.51. The van der Waals surface area contributed by atoms with E-state index in [0.717, 1.165) is 4.90 Å². The van der Waals surface area contributed by atoms with E-state index in [1.807, 2.05) is 0 Å². The molecule has 1 saturated carbocycles. The van der Waals surface area contributed by atoms with Gasteiger partial charge in [-0.1, -0.05) is 45.7 Å². The third kappa shape index (κ3) is 6.09. The van der Waals surface area contributed by atoms with Gasteiger partial charge in [0.2, 0.25) is 11.8 Å². The number of nitrogens with zero attached hydrogens (tertiary/aromatic N) is 3. The number of fused-ring (bicyclic) bond motifs is 5. The molecule has 10 nitrogen and oxygen atoms in total. The number of nitrogens with one attached hydrogen (secondary N) is 1. The number of amides is 2. The summed E-state index contributed by atoms with van der Waals surface area (Å²) < 4.78 is 43.1. The number of carboxylic acids is 1. The van der Waals surface area contributed by atoms with Crippen LogP contribution in [-0.2, 0) is 20.2 Å². The van der Waals surface area contributed by atoms with Crippen molar-refractivity contribution in [2.24, 2.45) is 17.3 Å². The number of carboxylic acid groups (broad SMARTS) is 1. The number of carbonyl (C=O) groups is 3. The minimum absolute atomic E-state index is 0.0488. The third-order valence-corrected chi connectivity index (χ3v) is 8.58. The first-order chi connectivity index (χ1) is 19.7. The van der Waals surface area contributed by atoms with Gasteiger partial charge in [0.15, 0.2) is 5.69 Å². The Morgan fingerprint density at radius 2 is 1.88 bits per heavy atom. The predicted octanol–water partition coefficient (Wildman–Crippen LogP) is 5.16. The molecule has 2 aromatic rings. The van der Waals surface area contributed by atoms with E-state index >= 15 is 8.78 Å². The smallest absolute Gasteiger partial charge is 0.408 e. The molecule has 6 unspecified atom stereocenters. The molecule has 2 aliphatic heterocycles. The molecule has 1 saturated heterocycles. The normalized spacial score (nSPS) is 30.2. The molecule has 2 amide bonds. The first kappa shape index (κ1) is 30.2. The van der Waals surface area contributed by atoms with Crippen molar-refractivity contribution in [2.45, 2.75) is 90.0 Å². The molecule has 1 aromatic carbocycles. The molecule has 3 aliphatic rings. The third-order valence-electron chi connectivity index (χ3n) is 8.34. The summed E-state index contributed by atoms with van der Waals surface area (Å²) in [5.41, 5.74) is -0.994. The van der Waals surface area contributed by atoms with Crippen LogP contribution in [0.1, 0.15) is 65.5 Å². The van der Waals surface area contributed by atoms with Crippen molar-refractivity contribution in [3.8, 4) is 5.88 Å². The van der Waals surface area contributed by atoms with Gasteiger partial charge < -0.3 is 24.8 Å². The van der Waals surface area contributed by atoms with Crippen LogP contribution in [0.25, 0.3) is 11.0 Å². The van der Waals surface area contributed by atoms with Crippen LogP contribution in [0.3, 0.4) is 0 Å². The lowest BCUT2D eigenvalue weighted by molar-refractivity contribution is -0.151. The monoisotopic (exact) mass is 608 g/mol. The number of rotatable bonds is 1. The Hall–Kier alpha value is -3.28.